The van der Waals surface area contributed by atoms with Gasteiger partial charge in [-0.15, -0.1) is 0 Å². The molecule has 1 aromatic carbocycles. The van der Waals surface area contributed by atoms with Gasteiger partial charge in [0.15, 0.2) is 0 Å². The first-order valence-corrected chi connectivity index (χ1v) is 6.98. The molecule has 0 aliphatic carbocycles. The quantitative estimate of drug-likeness (QED) is 0.890. The fraction of sp³-hybridized carbons (Fsp3) is 0.500. The highest BCUT2D eigenvalue weighted by atomic mass is 35.5. The second kappa shape index (κ2) is 6.26. The number of halogens is 1. The van der Waals surface area contributed by atoms with E-state index in [1.165, 1.54) is 6.42 Å². The minimum Gasteiger partial charge on any atom is -0.481 e. The third-order valence-electron chi connectivity index (χ3n) is 3.60. The van der Waals surface area contributed by atoms with Crippen LogP contribution in [0.1, 0.15) is 30.7 Å². The molecule has 104 valence electrons. The highest BCUT2D eigenvalue weighted by Gasteiger charge is 2.24. The molecular formula is C14H19ClN2O2. The smallest absolute Gasteiger partial charge is 0.312 e. The Morgan fingerprint density at radius 1 is 1.37 bits per heavy atom. The van der Waals surface area contributed by atoms with E-state index in [9.17, 15) is 9.90 Å². The van der Waals surface area contributed by atoms with Crippen LogP contribution in [-0.2, 0) is 4.79 Å². The van der Waals surface area contributed by atoms with Crippen molar-refractivity contribution in [2.45, 2.75) is 25.2 Å². The van der Waals surface area contributed by atoms with Crippen LogP contribution in [0.4, 0.5) is 5.69 Å². The number of benzene rings is 1. The van der Waals surface area contributed by atoms with Gasteiger partial charge in [-0.25, -0.2) is 0 Å². The third kappa shape index (κ3) is 3.19. The van der Waals surface area contributed by atoms with Crippen LogP contribution in [0.25, 0.3) is 0 Å². The molecule has 0 saturated carbocycles. The first kappa shape index (κ1) is 14.2. The minimum absolute atomic E-state index is 0.0799. The minimum atomic E-state index is -0.900. The Labute approximate surface area is 118 Å². The van der Waals surface area contributed by atoms with E-state index < -0.39 is 11.9 Å². The molecule has 1 heterocycles. The molecule has 1 aliphatic heterocycles. The van der Waals surface area contributed by atoms with Gasteiger partial charge in [0.25, 0.3) is 0 Å². The molecule has 1 aliphatic rings. The second-order valence-electron chi connectivity index (χ2n) is 4.88. The molecule has 3 N–H and O–H groups in total. The summed E-state index contributed by atoms with van der Waals surface area (Å²) in [4.78, 5) is 13.6. The van der Waals surface area contributed by atoms with Crippen LogP contribution < -0.4 is 10.6 Å². The van der Waals surface area contributed by atoms with Crippen LogP contribution in [0, 0.1) is 0 Å². The number of carbonyl (C=O) groups is 1. The zero-order valence-electron chi connectivity index (χ0n) is 10.8. The standard InChI is InChI=1S/C14H19ClN2O2/c15-10-4-5-13(17-6-2-1-3-7-17)11(8-10)12(9-16)14(18)19/h4-5,8,12H,1-3,6-7,9,16H2,(H,18,19). The zero-order chi connectivity index (χ0) is 13.8. The number of nitrogens with zero attached hydrogens (tertiary/aromatic N) is 1. The maximum absolute atomic E-state index is 11.3. The number of carboxylic acids is 1. The average Bonchev–Trinajstić information content (AvgIpc) is 2.40. The number of anilines is 1. The third-order valence-corrected chi connectivity index (χ3v) is 3.83. The van der Waals surface area contributed by atoms with E-state index in [4.69, 9.17) is 17.3 Å². The van der Waals surface area contributed by atoms with Gasteiger partial charge in [-0.2, -0.15) is 0 Å². The molecule has 0 bridgehead atoms. The molecule has 19 heavy (non-hydrogen) atoms. The van der Waals surface area contributed by atoms with E-state index in [0.717, 1.165) is 37.2 Å². The van der Waals surface area contributed by atoms with Crippen molar-refractivity contribution in [2.75, 3.05) is 24.5 Å². The Kier molecular flexibility index (Phi) is 4.66. The molecule has 4 nitrogen and oxygen atoms in total. The normalized spacial score (nSPS) is 17.3. The lowest BCUT2D eigenvalue weighted by molar-refractivity contribution is -0.138. The zero-order valence-corrected chi connectivity index (χ0v) is 11.6. The van der Waals surface area contributed by atoms with Crippen LogP contribution in [-0.4, -0.2) is 30.7 Å². The SMILES string of the molecule is NCC(C(=O)O)c1cc(Cl)ccc1N1CCCCC1. The number of hydrogen-bond acceptors (Lipinski definition) is 3. The fourth-order valence-corrected chi connectivity index (χ4v) is 2.77. The molecule has 1 unspecified atom stereocenters. The number of hydrogen-bond donors (Lipinski definition) is 2. The molecule has 1 aromatic rings. The molecule has 0 radical (unpaired) electrons. The lowest BCUT2D eigenvalue weighted by atomic mass is 9.96. The van der Waals surface area contributed by atoms with Crippen molar-refractivity contribution in [3.63, 3.8) is 0 Å². The van der Waals surface area contributed by atoms with Crippen molar-refractivity contribution in [1.82, 2.24) is 0 Å². The number of carboxylic acid groups (broad SMARTS) is 1. The summed E-state index contributed by atoms with van der Waals surface area (Å²) in [7, 11) is 0. The van der Waals surface area contributed by atoms with Crippen molar-refractivity contribution < 1.29 is 9.90 Å². The molecule has 1 saturated heterocycles. The predicted octanol–water partition coefficient (Wildman–Crippen LogP) is 2.46. The summed E-state index contributed by atoms with van der Waals surface area (Å²) < 4.78 is 0. The highest BCUT2D eigenvalue weighted by Crippen LogP contribution is 2.32. The summed E-state index contributed by atoms with van der Waals surface area (Å²) >= 11 is 6.01. The first-order valence-electron chi connectivity index (χ1n) is 6.60. The van der Waals surface area contributed by atoms with Crippen LogP contribution in [0.5, 0.6) is 0 Å². The van der Waals surface area contributed by atoms with E-state index >= 15 is 0 Å². The second-order valence-corrected chi connectivity index (χ2v) is 5.31. The van der Waals surface area contributed by atoms with Gasteiger partial charge in [0.2, 0.25) is 0 Å². The molecule has 5 heteroatoms. The molecule has 0 amide bonds. The van der Waals surface area contributed by atoms with E-state index in [-0.39, 0.29) is 6.54 Å². The molecule has 1 atom stereocenters. The molecular weight excluding hydrogens is 264 g/mol. The maximum Gasteiger partial charge on any atom is 0.312 e. The summed E-state index contributed by atoms with van der Waals surface area (Å²) in [5.74, 6) is -1.60. The molecule has 1 fully saturated rings. The van der Waals surface area contributed by atoms with Gasteiger partial charge >= 0.3 is 5.97 Å². The van der Waals surface area contributed by atoms with Gasteiger partial charge in [0, 0.05) is 30.3 Å². The summed E-state index contributed by atoms with van der Waals surface area (Å²) in [5.41, 5.74) is 7.30. The van der Waals surface area contributed by atoms with Crippen molar-refractivity contribution >= 4 is 23.3 Å². The van der Waals surface area contributed by atoms with Crippen molar-refractivity contribution in [2.24, 2.45) is 5.73 Å². The van der Waals surface area contributed by atoms with Crippen molar-refractivity contribution in [3.05, 3.63) is 28.8 Å². The van der Waals surface area contributed by atoms with Crippen LogP contribution in [0.3, 0.4) is 0 Å². The van der Waals surface area contributed by atoms with Gasteiger partial charge in [-0.3, -0.25) is 4.79 Å². The fourth-order valence-electron chi connectivity index (χ4n) is 2.59. The molecule has 0 aromatic heterocycles. The Balaban J connectivity index is 2.39. The average molecular weight is 283 g/mol. The van der Waals surface area contributed by atoms with Gasteiger partial charge in [0.1, 0.15) is 0 Å². The van der Waals surface area contributed by atoms with E-state index in [0.29, 0.717) is 5.02 Å². The highest BCUT2D eigenvalue weighted by molar-refractivity contribution is 6.30. The number of aliphatic carboxylic acids is 1. The number of nitrogens with two attached hydrogens (primary N) is 1. The van der Waals surface area contributed by atoms with E-state index in [2.05, 4.69) is 4.90 Å². The number of rotatable bonds is 4. The Morgan fingerprint density at radius 2 is 2.05 bits per heavy atom. The van der Waals surface area contributed by atoms with Gasteiger partial charge in [-0.05, 0) is 43.0 Å². The first-order chi connectivity index (χ1) is 9.13. The lowest BCUT2D eigenvalue weighted by Crippen LogP contribution is -2.32. The topological polar surface area (TPSA) is 66.6 Å². The predicted molar refractivity (Wildman–Crippen MR) is 76.9 cm³/mol. The largest absolute Gasteiger partial charge is 0.481 e. The summed E-state index contributed by atoms with van der Waals surface area (Å²) in [6.45, 7) is 2.01. The van der Waals surface area contributed by atoms with Crippen LogP contribution in [0.15, 0.2) is 18.2 Å². The molecule has 0 spiro atoms. The van der Waals surface area contributed by atoms with Gasteiger partial charge < -0.3 is 15.7 Å². The Hall–Kier alpha value is -1.26. The summed E-state index contributed by atoms with van der Waals surface area (Å²) in [5, 5.41) is 9.85. The lowest BCUT2D eigenvalue weighted by Gasteiger charge is -2.31. The monoisotopic (exact) mass is 282 g/mol. The Morgan fingerprint density at radius 3 is 2.63 bits per heavy atom. The maximum atomic E-state index is 11.3. The van der Waals surface area contributed by atoms with Crippen LogP contribution in [0.2, 0.25) is 5.02 Å². The van der Waals surface area contributed by atoms with Crippen molar-refractivity contribution in [3.8, 4) is 0 Å². The van der Waals surface area contributed by atoms with Gasteiger partial charge in [-0.1, -0.05) is 11.6 Å². The van der Waals surface area contributed by atoms with Gasteiger partial charge in [0.05, 0.1) is 5.92 Å². The summed E-state index contributed by atoms with van der Waals surface area (Å²) in [6.07, 6.45) is 3.52. The Bertz CT molecular complexity index is 459. The van der Waals surface area contributed by atoms with Crippen molar-refractivity contribution in [1.29, 1.82) is 0 Å². The van der Waals surface area contributed by atoms with E-state index in [1.807, 2.05) is 12.1 Å². The summed E-state index contributed by atoms with van der Waals surface area (Å²) in [6, 6.07) is 5.45. The molecule has 2 rings (SSSR count). The number of piperidine rings is 1. The van der Waals surface area contributed by atoms with Crippen LogP contribution >= 0.6 is 11.6 Å². The van der Waals surface area contributed by atoms with E-state index in [1.54, 1.807) is 6.07 Å².